The highest BCUT2D eigenvalue weighted by Gasteiger charge is 2.32. The highest BCUT2D eigenvalue weighted by molar-refractivity contribution is 5.78. The van der Waals surface area contributed by atoms with Gasteiger partial charge in [-0.1, -0.05) is 48.5 Å². The lowest BCUT2D eigenvalue weighted by Crippen LogP contribution is -2.36. The third-order valence-corrected chi connectivity index (χ3v) is 3.61. The molecule has 0 radical (unpaired) electrons. The minimum absolute atomic E-state index is 0.0604. The summed E-state index contributed by atoms with van der Waals surface area (Å²) in [6, 6.07) is 20.0. The Morgan fingerprint density at radius 1 is 1.00 bits per heavy atom. The van der Waals surface area contributed by atoms with Gasteiger partial charge in [-0.05, 0) is 30.5 Å². The third kappa shape index (κ3) is 3.85. The summed E-state index contributed by atoms with van der Waals surface area (Å²) in [6.07, 6.45) is 2.20. The molecule has 0 N–H and O–H groups in total. The molecular formula is C18H19NO2. The monoisotopic (exact) mass is 281 g/mol. The van der Waals surface area contributed by atoms with Gasteiger partial charge in [-0.15, -0.1) is 0 Å². The molecule has 1 fully saturated rings. The Hall–Kier alpha value is -2.29. The Labute approximate surface area is 125 Å². The number of carbonyl (C=O) groups excluding carboxylic acids is 1. The lowest BCUT2D eigenvalue weighted by molar-refractivity contribution is -0.134. The molecule has 0 aromatic heterocycles. The van der Waals surface area contributed by atoms with Crippen molar-refractivity contribution >= 4 is 5.91 Å². The van der Waals surface area contributed by atoms with Crippen molar-refractivity contribution in [1.82, 2.24) is 4.90 Å². The van der Waals surface area contributed by atoms with Crippen molar-refractivity contribution in [2.75, 3.05) is 6.61 Å². The van der Waals surface area contributed by atoms with Crippen LogP contribution in [0, 0.1) is 0 Å². The molecule has 0 spiro atoms. The van der Waals surface area contributed by atoms with E-state index in [-0.39, 0.29) is 12.5 Å². The number of benzene rings is 2. The van der Waals surface area contributed by atoms with Crippen molar-refractivity contribution in [2.24, 2.45) is 0 Å². The Kier molecular flexibility index (Phi) is 4.20. The summed E-state index contributed by atoms with van der Waals surface area (Å²) in [5, 5.41) is 0. The molecule has 1 amide bonds. The molecule has 1 aliphatic rings. The molecule has 108 valence electrons. The van der Waals surface area contributed by atoms with Crippen molar-refractivity contribution in [1.29, 1.82) is 0 Å². The number of carbonyl (C=O) groups is 1. The number of nitrogens with zero attached hydrogens (tertiary/aromatic N) is 1. The van der Waals surface area contributed by atoms with Crippen LogP contribution in [0.15, 0.2) is 60.7 Å². The van der Waals surface area contributed by atoms with Crippen LogP contribution < -0.4 is 4.74 Å². The number of para-hydroxylation sites is 1. The summed E-state index contributed by atoms with van der Waals surface area (Å²) < 4.78 is 5.57. The summed E-state index contributed by atoms with van der Waals surface area (Å²) in [6.45, 7) is 0.774. The SMILES string of the molecule is O=C(COc1ccccc1)N(Cc1ccccc1)C1CC1. The first kappa shape index (κ1) is 13.7. The van der Waals surface area contributed by atoms with Crippen LogP contribution in [0.4, 0.5) is 0 Å². The van der Waals surface area contributed by atoms with Crippen LogP contribution in [0.1, 0.15) is 18.4 Å². The van der Waals surface area contributed by atoms with E-state index < -0.39 is 0 Å². The van der Waals surface area contributed by atoms with Gasteiger partial charge in [-0.25, -0.2) is 0 Å². The number of rotatable bonds is 6. The van der Waals surface area contributed by atoms with Crippen LogP contribution in [-0.4, -0.2) is 23.5 Å². The predicted octanol–water partition coefficient (Wildman–Crippen LogP) is 3.26. The number of hydrogen-bond donors (Lipinski definition) is 0. The molecule has 2 aromatic carbocycles. The van der Waals surface area contributed by atoms with Crippen molar-refractivity contribution in [3.8, 4) is 5.75 Å². The smallest absolute Gasteiger partial charge is 0.261 e. The van der Waals surface area contributed by atoms with E-state index in [1.54, 1.807) is 0 Å². The van der Waals surface area contributed by atoms with E-state index in [1.165, 1.54) is 0 Å². The fraction of sp³-hybridized carbons (Fsp3) is 0.278. The summed E-state index contributed by atoms with van der Waals surface area (Å²) in [4.78, 5) is 14.3. The van der Waals surface area contributed by atoms with E-state index in [1.807, 2.05) is 53.4 Å². The van der Waals surface area contributed by atoms with E-state index >= 15 is 0 Å². The second-order valence-electron chi connectivity index (χ2n) is 5.34. The van der Waals surface area contributed by atoms with Crippen LogP contribution in [0.2, 0.25) is 0 Å². The average Bonchev–Trinajstić information content (AvgIpc) is 3.37. The Morgan fingerprint density at radius 2 is 1.62 bits per heavy atom. The Balaban J connectivity index is 1.60. The molecule has 2 aromatic rings. The molecule has 0 aliphatic heterocycles. The van der Waals surface area contributed by atoms with Crippen molar-refractivity contribution in [3.05, 3.63) is 66.2 Å². The normalized spacial score (nSPS) is 13.7. The van der Waals surface area contributed by atoms with Gasteiger partial charge >= 0.3 is 0 Å². The molecule has 1 aliphatic carbocycles. The molecule has 3 nitrogen and oxygen atoms in total. The molecule has 1 saturated carbocycles. The van der Waals surface area contributed by atoms with E-state index in [0.717, 1.165) is 24.2 Å². The number of ether oxygens (including phenoxy) is 1. The van der Waals surface area contributed by atoms with Gasteiger partial charge in [0.25, 0.3) is 5.91 Å². The summed E-state index contributed by atoms with van der Waals surface area (Å²) in [5.41, 5.74) is 1.16. The number of hydrogen-bond acceptors (Lipinski definition) is 2. The van der Waals surface area contributed by atoms with Crippen LogP contribution in [0.5, 0.6) is 5.75 Å². The van der Waals surface area contributed by atoms with E-state index in [4.69, 9.17) is 4.74 Å². The summed E-state index contributed by atoms with van der Waals surface area (Å²) in [7, 11) is 0. The third-order valence-electron chi connectivity index (χ3n) is 3.61. The molecule has 0 atom stereocenters. The summed E-state index contributed by atoms with van der Waals surface area (Å²) in [5.74, 6) is 0.798. The molecule has 0 bridgehead atoms. The second kappa shape index (κ2) is 6.44. The largest absolute Gasteiger partial charge is 0.484 e. The van der Waals surface area contributed by atoms with E-state index in [0.29, 0.717) is 12.6 Å². The van der Waals surface area contributed by atoms with Gasteiger partial charge in [0.2, 0.25) is 0 Å². The zero-order valence-corrected chi connectivity index (χ0v) is 11.9. The molecule has 0 unspecified atom stereocenters. The van der Waals surface area contributed by atoms with Crippen molar-refractivity contribution in [2.45, 2.75) is 25.4 Å². The standard InChI is InChI=1S/C18H19NO2/c20-18(14-21-17-9-5-2-6-10-17)19(16-11-12-16)13-15-7-3-1-4-8-15/h1-10,16H,11-14H2. The van der Waals surface area contributed by atoms with Gasteiger partial charge in [0.1, 0.15) is 5.75 Å². The molecule has 0 heterocycles. The Morgan fingerprint density at radius 3 is 2.24 bits per heavy atom. The molecule has 3 rings (SSSR count). The van der Waals surface area contributed by atoms with Gasteiger partial charge < -0.3 is 9.64 Å². The minimum atomic E-state index is 0.0604. The van der Waals surface area contributed by atoms with Crippen LogP contribution in [0.25, 0.3) is 0 Å². The highest BCUT2D eigenvalue weighted by atomic mass is 16.5. The number of amides is 1. The quantitative estimate of drug-likeness (QED) is 0.813. The van der Waals surface area contributed by atoms with Gasteiger partial charge in [0.05, 0.1) is 0 Å². The van der Waals surface area contributed by atoms with Crippen LogP contribution in [-0.2, 0) is 11.3 Å². The minimum Gasteiger partial charge on any atom is -0.484 e. The molecule has 21 heavy (non-hydrogen) atoms. The first-order valence-electron chi connectivity index (χ1n) is 7.34. The maximum atomic E-state index is 12.4. The first-order chi connectivity index (χ1) is 10.3. The molecule has 3 heteroatoms. The fourth-order valence-electron chi connectivity index (χ4n) is 2.33. The molecule has 0 saturated heterocycles. The maximum Gasteiger partial charge on any atom is 0.261 e. The first-order valence-corrected chi connectivity index (χ1v) is 7.34. The second-order valence-corrected chi connectivity index (χ2v) is 5.34. The topological polar surface area (TPSA) is 29.5 Å². The van der Waals surface area contributed by atoms with Crippen LogP contribution in [0.3, 0.4) is 0 Å². The zero-order valence-electron chi connectivity index (χ0n) is 11.9. The molecular weight excluding hydrogens is 262 g/mol. The van der Waals surface area contributed by atoms with Gasteiger partial charge in [0.15, 0.2) is 6.61 Å². The van der Waals surface area contributed by atoms with E-state index in [9.17, 15) is 4.79 Å². The van der Waals surface area contributed by atoms with Gasteiger partial charge in [-0.3, -0.25) is 4.79 Å². The Bertz CT molecular complexity index is 579. The van der Waals surface area contributed by atoms with E-state index in [2.05, 4.69) is 12.1 Å². The summed E-state index contributed by atoms with van der Waals surface area (Å²) >= 11 is 0. The van der Waals surface area contributed by atoms with Crippen LogP contribution >= 0.6 is 0 Å². The van der Waals surface area contributed by atoms with Gasteiger partial charge in [0, 0.05) is 12.6 Å². The lowest BCUT2D eigenvalue weighted by atomic mass is 10.2. The predicted molar refractivity (Wildman–Crippen MR) is 82.0 cm³/mol. The zero-order chi connectivity index (χ0) is 14.5. The lowest BCUT2D eigenvalue weighted by Gasteiger charge is -2.22. The fourth-order valence-corrected chi connectivity index (χ4v) is 2.33. The highest BCUT2D eigenvalue weighted by Crippen LogP contribution is 2.28. The van der Waals surface area contributed by atoms with Crippen molar-refractivity contribution < 1.29 is 9.53 Å². The average molecular weight is 281 g/mol. The maximum absolute atomic E-state index is 12.4. The van der Waals surface area contributed by atoms with Crippen molar-refractivity contribution in [3.63, 3.8) is 0 Å². The van der Waals surface area contributed by atoms with Gasteiger partial charge in [-0.2, -0.15) is 0 Å².